The smallest absolute Gasteiger partial charge is 0.140 e. The topological polar surface area (TPSA) is 52.0 Å². The van der Waals surface area contributed by atoms with Crippen LogP contribution in [0.25, 0.3) is 0 Å². The van der Waals surface area contributed by atoms with Crippen molar-refractivity contribution in [2.24, 2.45) is 5.92 Å². The highest BCUT2D eigenvalue weighted by molar-refractivity contribution is 5.47. The van der Waals surface area contributed by atoms with Crippen LogP contribution in [0.1, 0.15) is 18.5 Å². The second-order valence-electron chi connectivity index (χ2n) is 4.88. The second-order valence-corrected chi connectivity index (χ2v) is 4.88. The minimum atomic E-state index is 0.489. The van der Waals surface area contributed by atoms with Crippen LogP contribution in [0, 0.1) is 17.2 Å². The van der Waals surface area contributed by atoms with Crippen LogP contribution >= 0.6 is 0 Å². The number of nitrogens with one attached hydrogen (secondary N) is 1. The molecule has 0 amide bonds. The van der Waals surface area contributed by atoms with Crippen LogP contribution in [-0.2, 0) is 0 Å². The van der Waals surface area contributed by atoms with E-state index in [0.717, 1.165) is 31.2 Å². The predicted molar refractivity (Wildman–Crippen MR) is 65.7 cm³/mol. The Balaban J connectivity index is 1.74. The molecule has 2 atom stereocenters. The Morgan fingerprint density at radius 1 is 1.41 bits per heavy atom. The highest BCUT2D eigenvalue weighted by Gasteiger charge is 2.34. The first-order valence-corrected chi connectivity index (χ1v) is 6.21. The van der Waals surface area contributed by atoms with E-state index in [2.05, 4.69) is 21.3 Å². The lowest BCUT2D eigenvalue weighted by Crippen LogP contribution is -2.40. The number of pyridine rings is 1. The monoisotopic (exact) mass is 228 g/mol. The van der Waals surface area contributed by atoms with Gasteiger partial charge in [0.2, 0.25) is 0 Å². The van der Waals surface area contributed by atoms with Crippen LogP contribution in [0.2, 0.25) is 0 Å². The van der Waals surface area contributed by atoms with Crippen molar-refractivity contribution < 1.29 is 0 Å². The van der Waals surface area contributed by atoms with Gasteiger partial charge in [-0.1, -0.05) is 0 Å². The Hall–Kier alpha value is -1.60. The molecule has 4 nitrogen and oxygen atoms in total. The van der Waals surface area contributed by atoms with Gasteiger partial charge in [-0.05, 0) is 37.4 Å². The first kappa shape index (κ1) is 10.5. The normalized spacial score (nSPS) is 27.6. The summed E-state index contributed by atoms with van der Waals surface area (Å²) < 4.78 is 0. The molecule has 0 saturated carbocycles. The molecule has 0 bridgehead atoms. The average molecular weight is 228 g/mol. The number of rotatable bonds is 1. The summed E-state index contributed by atoms with van der Waals surface area (Å²) in [5, 5.41) is 12.3. The first-order valence-electron chi connectivity index (χ1n) is 6.21. The number of anilines is 1. The molecule has 2 unspecified atom stereocenters. The van der Waals surface area contributed by atoms with Gasteiger partial charge in [-0.15, -0.1) is 0 Å². The lowest BCUT2D eigenvalue weighted by molar-refractivity contribution is 0.340. The Bertz CT molecular complexity index is 420. The van der Waals surface area contributed by atoms with E-state index in [1.54, 1.807) is 6.07 Å². The SMILES string of the molecule is N#Cc1ccc(N2CC3CCCNC3C2)cn1. The molecule has 0 aliphatic carbocycles. The van der Waals surface area contributed by atoms with Crippen molar-refractivity contribution in [2.75, 3.05) is 24.5 Å². The summed E-state index contributed by atoms with van der Waals surface area (Å²) >= 11 is 0. The molecule has 0 aromatic carbocycles. The maximum atomic E-state index is 8.73. The lowest BCUT2D eigenvalue weighted by atomic mass is 9.94. The Labute approximate surface area is 101 Å². The summed E-state index contributed by atoms with van der Waals surface area (Å²) in [6.07, 6.45) is 4.44. The van der Waals surface area contributed by atoms with Crippen LogP contribution in [0.15, 0.2) is 18.3 Å². The van der Waals surface area contributed by atoms with E-state index in [0.29, 0.717) is 11.7 Å². The van der Waals surface area contributed by atoms with Gasteiger partial charge in [0, 0.05) is 19.1 Å². The Morgan fingerprint density at radius 3 is 3.06 bits per heavy atom. The van der Waals surface area contributed by atoms with Gasteiger partial charge in [-0.3, -0.25) is 0 Å². The fourth-order valence-corrected chi connectivity index (χ4v) is 2.90. The van der Waals surface area contributed by atoms with Gasteiger partial charge < -0.3 is 10.2 Å². The molecule has 1 N–H and O–H groups in total. The minimum Gasteiger partial charge on any atom is -0.368 e. The van der Waals surface area contributed by atoms with Crippen LogP contribution in [0.3, 0.4) is 0 Å². The summed E-state index contributed by atoms with van der Waals surface area (Å²) in [7, 11) is 0. The molecule has 1 aromatic heterocycles. The molecule has 88 valence electrons. The zero-order chi connectivity index (χ0) is 11.7. The van der Waals surface area contributed by atoms with Gasteiger partial charge in [0.05, 0.1) is 11.9 Å². The molecule has 2 aliphatic heterocycles. The van der Waals surface area contributed by atoms with Gasteiger partial charge in [-0.2, -0.15) is 5.26 Å². The number of nitriles is 1. The third kappa shape index (κ3) is 1.98. The third-order valence-corrected chi connectivity index (χ3v) is 3.83. The number of nitrogens with zero attached hydrogens (tertiary/aromatic N) is 3. The molecular formula is C13H16N4. The minimum absolute atomic E-state index is 0.489. The van der Waals surface area contributed by atoms with Crippen molar-refractivity contribution in [1.29, 1.82) is 5.26 Å². The quantitative estimate of drug-likeness (QED) is 0.783. The van der Waals surface area contributed by atoms with E-state index in [1.165, 1.54) is 12.8 Å². The molecule has 2 fully saturated rings. The number of aromatic nitrogens is 1. The maximum Gasteiger partial charge on any atom is 0.140 e. The van der Waals surface area contributed by atoms with Crippen molar-refractivity contribution in [3.63, 3.8) is 0 Å². The van der Waals surface area contributed by atoms with Gasteiger partial charge in [0.25, 0.3) is 0 Å². The largest absolute Gasteiger partial charge is 0.368 e. The standard InChI is InChI=1S/C13H16N4/c14-6-11-3-4-12(7-16-11)17-8-10-2-1-5-15-13(10)9-17/h3-4,7,10,13,15H,1-2,5,8-9H2. The van der Waals surface area contributed by atoms with Crippen LogP contribution in [0.4, 0.5) is 5.69 Å². The van der Waals surface area contributed by atoms with Crippen LogP contribution in [-0.4, -0.2) is 30.7 Å². The fourth-order valence-electron chi connectivity index (χ4n) is 2.90. The second kappa shape index (κ2) is 4.34. The number of hydrogen-bond donors (Lipinski definition) is 1. The fraction of sp³-hybridized carbons (Fsp3) is 0.538. The molecule has 0 spiro atoms. The number of piperidine rings is 1. The highest BCUT2D eigenvalue weighted by atomic mass is 15.2. The van der Waals surface area contributed by atoms with E-state index in [9.17, 15) is 0 Å². The third-order valence-electron chi connectivity index (χ3n) is 3.83. The molecule has 17 heavy (non-hydrogen) atoms. The van der Waals surface area contributed by atoms with Crippen LogP contribution in [0.5, 0.6) is 0 Å². The van der Waals surface area contributed by atoms with Crippen molar-refractivity contribution in [3.05, 3.63) is 24.0 Å². The maximum absolute atomic E-state index is 8.73. The summed E-state index contributed by atoms with van der Waals surface area (Å²) in [6.45, 7) is 3.34. The van der Waals surface area contributed by atoms with Gasteiger partial charge >= 0.3 is 0 Å². The molecule has 1 aromatic rings. The number of fused-ring (bicyclic) bond motifs is 1. The summed E-state index contributed by atoms with van der Waals surface area (Å²) in [4.78, 5) is 6.51. The van der Waals surface area contributed by atoms with E-state index < -0.39 is 0 Å². The predicted octanol–water partition coefficient (Wildman–Crippen LogP) is 1.14. The van der Waals surface area contributed by atoms with Gasteiger partial charge in [0.1, 0.15) is 11.8 Å². The van der Waals surface area contributed by atoms with Crippen molar-refractivity contribution in [3.8, 4) is 6.07 Å². The molecule has 0 radical (unpaired) electrons. The summed E-state index contributed by atoms with van der Waals surface area (Å²) in [5.74, 6) is 0.777. The van der Waals surface area contributed by atoms with E-state index in [1.807, 2.05) is 12.3 Å². The molecule has 3 rings (SSSR count). The van der Waals surface area contributed by atoms with Gasteiger partial charge in [-0.25, -0.2) is 4.98 Å². The van der Waals surface area contributed by atoms with E-state index in [4.69, 9.17) is 5.26 Å². The van der Waals surface area contributed by atoms with Gasteiger partial charge in [0.15, 0.2) is 0 Å². The first-order chi connectivity index (χ1) is 8.36. The molecule has 3 heterocycles. The highest BCUT2D eigenvalue weighted by Crippen LogP contribution is 2.28. The van der Waals surface area contributed by atoms with Crippen LogP contribution < -0.4 is 10.2 Å². The average Bonchev–Trinajstić information content (AvgIpc) is 2.82. The zero-order valence-electron chi connectivity index (χ0n) is 9.76. The molecule has 4 heteroatoms. The lowest BCUT2D eigenvalue weighted by Gasteiger charge is -2.24. The zero-order valence-corrected chi connectivity index (χ0v) is 9.76. The number of hydrogen-bond acceptors (Lipinski definition) is 4. The summed E-state index contributed by atoms with van der Waals surface area (Å²) in [6, 6.07) is 6.49. The summed E-state index contributed by atoms with van der Waals surface area (Å²) in [5.41, 5.74) is 1.63. The van der Waals surface area contributed by atoms with Crippen molar-refractivity contribution >= 4 is 5.69 Å². The Morgan fingerprint density at radius 2 is 2.35 bits per heavy atom. The van der Waals surface area contributed by atoms with E-state index >= 15 is 0 Å². The van der Waals surface area contributed by atoms with Crippen molar-refractivity contribution in [2.45, 2.75) is 18.9 Å². The Kier molecular flexibility index (Phi) is 2.69. The van der Waals surface area contributed by atoms with Crippen molar-refractivity contribution in [1.82, 2.24) is 10.3 Å². The molecular weight excluding hydrogens is 212 g/mol. The molecule has 2 saturated heterocycles. The molecule has 2 aliphatic rings. The van der Waals surface area contributed by atoms with E-state index in [-0.39, 0.29) is 0 Å².